The normalized spacial score (nSPS) is 11.4. The second kappa shape index (κ2) is 6.34. The van der Waals surface area contributed by atoms with Gasteiger partial charge in [0.25, 0.3) is 0 Å². The number of nitrogens with one attached hydrogen (secondary N) is 1. The fourth-order valence-corrected chi connectivity index (χ4v) is 1.98. The van der Waals surface area contributed by atoms with Crippen molar-refractivity contribution in [2.75, 3.05) is 5.32 Å². The summed E-state index contributed by atoms with van der Waals surface area (Å²) >= 11 is 0. The molecule has 25 heavy (non-hydrogen) atoms. The third kappa shape index (κ3) is 3.82. The van der Waals surface area contributed by atoms with Gasteiger partial charge in [0.15, 0.2) is 0 Å². The number of amides is 1. The van der Waals surface area contributed by atoms with Crippen molar-refractivity contribution in [3.05, 3.63) is 65.8 Å². The lowest BCUT2D eigenvalue weighted by molar-refractivity contribution is -0.137. The second-order valence-electron chi connectivity index (χ2n) is 4.95. The Balaban J connectivity index is 1.74. The summed E-state index contributed by atoms with van der Waals surface area (Å²) in [6.07, 6.45) is -4.46. The van der Waals surface area contributed by atoms with E-state index in [1.165, 1.54) is 18.2 Å². The van der Waals surface area contributed by atoms with Gasteiger partial charge < -0.3 is 9.73 Å². The Morgan fingerprint density at radius 2 is 1.76 bits per heavy atom. The van der Waals surface area contributed by atoms with E-state index in [2.05, 4.69) is 15.5 Å². The number of hydrogen-bond donors (Lipinski definition) is 1. The third-order valence-electron chi connectivity index (χ3n) is 3.16. The Kier molecular flexibility index (Phi) is 4.22. The number of rotatable bonds is 3. The predicted molar refractivity (Wildman–Crippen MR) is 79.1 cm³/mol. The minimum absolute atomic E-state index is 0.0583. The largest absolute Gasteiger partial charge is 0.416 e. The minimum Gasteiger partial charge on any atom is -0.412 e. The number of hydrogen-bond acceptors (Lipinski definition) is 4. The molecule has 1 aromatic heterocycles. The van der Waals surface area contributed by atoms with E-state index in [1.807, 2.05) is 0 Å². The van der Waals surface area contributed by atoms with Crippen LogP contribution in [0.1, 0.15) is 16.2 Å². The number of benzene rings is 2. The number of aromatic nitrogens is 2. The molecule has 0 aliphatic heterocycles. The van der Waals surface area contributed by atoms with E-state index < -0.39 is 29.4 Å². The van der Waals surface area contributed by atoms with Gasteiger partial charge in [-0.15, -0.1) is 10.2 Å². The van der Waals surface area contributed by atoms with Crippen molar-refractivity contribution in [1.82, 2.24) is 10.2 Å². The second-order valence-corrected chi connectivity index (χ2v) is 4.95. The van der Waals surface area contributed by atoms with Gasteiger partial charge in [-0.3, -0.25) is 4.79 Å². The SMILES string of the molecule is O=C(Nc1ccc(C(F)(F)F)cc1)c1nnc(-c2cccc(F)c2)o1. The van der Waals surface area contributed by atoms with Crippen LogP contribution in [0, 0.1) is 5.82 Å². The molecule has 0 saturated heterocycles. The molecule has 3 rings (SSSR count). The first-order chi connectivity index (χ1) is 11.8. The Hall–Kier alpha value is -3.23. The van der Waals surface area contributed by atoms with Gasteiger partial charge in [-0.1, -0.05) is 6.07 Å². The van der Waals surface area contributed by atoms with Gasteiger partial charge in [0, 0.05) is 11.3 Å². The lowest BCUT2D eigenvalue weighted by atomic mass is 10.2. The highest BCUT2D eigenvalue weighted by Crippen LogP contribution is 2.30. The van der Waals surface area contributed by atoms with Crippen molar-refractivity contribution in [2.45, 2.75) is 6.18 Å². The predicted octanol–water partition coefficient (Wildman–Crippen LogP) is 4.15. The van der Waals surface area contributed by atoms with Gasteiger partial charge in [-0.2, -0.15) is 13.2 Å². The smallest absolute Gasteiger partial charge is 0.412 e. The number of nitrogens with zero attached hydrogens (tertiary/aromatic N) is 2. The maximum absolute atomic E-state index is 13.2. The summed E-state index contributed by atoms with van der Waals surface area (Å²) in [6.45, 7) is 0. The highest BCUT2D eigenvalue weighted by atomic mass is 19.4. The lowest BCUT2D eigenvalue weighted by Crippen LogP contribution is -2.12. The summed E-state index contributed by atoms with van der Waals surface area (Å²) in [5.74, 6) is -1.77. The van der Waals surface area contributed by atoms with Crippen LogP contribution in [-0.2, 0) is 6.18 Å². The molecule has 3 aromatic rings. The van der Waals surface area contributed by atoms with Crippen molar-refractivity contribution in [2.24, 2.45) is 0 Å². The first-order valence-corrected chi connectivity index (χ1v) is 6.91. The van der Waals surface area contributed by atoms with E-state index in [4.69, 9.17) is 4.42 Å². The van der Waals surface area contributed by atoms with Crippen LogP contribution in [0.4, 0.5) is 23.2 Å². The molecular weight excluding hydrogens is 342 g/mol. The zero-order valence-corrected chi connectivity index (χ0v) is 12.3. The summed E-state index contributed by atoms with van der Waals surface area (Å²) in [4.78, 5) is 12.0. The van der Waals surface area contributed by atoms with Crippen LogP contribution >= 0.6 is 0 Å². The van der Waals surface area contributed by atoms with Gasteiger partial charge in [0.2, 0.25) is 5.89 Å². The van der Waals surface area contributed by atoms with E-state index >= 15 is 0 Å². The molecule has 0 radical (unpaired) electrons. The van der Waals surface area contributed by atoms with Crippen molar-refractivity contribution in [1.29, 1.82) is 0 Å². The average Bonchev–Trinajstić information content (AvgIpc) is 3.05. The van der Waals surface area contributed by atoms with Crippen LogP contribution in [0.25, 0.3) is 11.5 Å². The number of carbonyl (C=O) groups excluding carboxylic acids is 1. The maximum Gasteiger partial charge on any atom is 0.416 e. The Morgan fingerprint density at radius 3 is 2.40 bits per heavy atom. The number of alkyl halides is 3. The van der Waals surface area contributed by atoms with Crippen molar-refractivity contribution < 1.29 is 26.8 Å². The van der Waals surface area contributed by atoms with E-state index in [9.17, 15) is 22.4 Å². The zero-order chi connectivity index (χ0) is 18.0. The van der Waals surface area contributed by atoms with Crippen LogP contribution in [0.15, 0.2) is 52.9 Å². The molecule has 1 N–H and O–H groups in total. The molecule has 0 spiro atoms. The Labute approximate surface area is 138 Å². The zero-order valence-electron chi connectivity index (χ0n) is 12.3. The highest BCUT2D eigenvalue weighted by molar-refractivity contribution is 6.00. The molecule has 0 bridgehead atoms. The van der Waals surface area contributed by atoms with E-state index in [0.717, 1.165) is 30.3 Å². The maximum atomic E-state index is 13.2. The molecule has 2 aromatic carbocycles. The third-order valence-corrected chi connectivity index (χ3v) is 3.16. The van der Waals surface area contributed by atoms with Crippen molar-refractivity contribution in [3.8, 4) is 11.5 Å². The van der Waals surface area contributed by atoms with Crippen molar-refractivity contribution in [3.63, 3.8) is 0 Å². The molecule has 9 heteroatoms. The molecule has 128 valence electrons. The lowest BCUT2D eigenvalue weighted by Gasteiger charge is -2.07. The molecule has 5 nitrogen and oxygen atoms in total. The highest BCUT2D eigenvalue weighted by Gasteiger charge is 2.30. The molecule has 0 saturated carbocycles. The summed E-state index contributed by atoms with van der Waals surface area (Å²) in [7, 11) is 0. The van der Waals surface area contributed by atoms with E-state index in [-0.39, 0.29) is 11.6 Å². The summed E-state index contributed by atoms with van der Waals surface area (Å²) in [5, 5.41) is 9.52. The standard InChI is InChI=1S/C16H9F4N3O2/c17-11-3-1-2-9(8-11)14-22-23-15(25-14)13(24)21-12-6-4-10(5-7-12)16(18,19)20/h1-8H,(H,21,24). The molecule has 1 amide bonds. The Morgan fingerprint density at radius 1 is 1.04 bits per heavy atom. The van der Waals surface area contributed by atoms with Gasteiger partial charge in [0.1, 0.15) is 5.82 Å². The van der Waals surface area contributed by atoms with Gasteiger partial charge >= 0.3 is 18.0 Å². The molecule has 0 fully saturated rings. The van der Waals surface area contributed by atoms with E-state index in [1.54, 1.807) is 0 Å². The first kappa shape index (κ1) is 16.6. The summed E-state index contributed by atoms with van der Waals surface area (Å²) in [6, 6.07) is 9.23. The number of halogens is 4. The molecular formula is C16H9F4N3O2. The van der Waals surface area contributed by atoms with Crippen LogP contribution < -0.4 is 5.32 Å². The summed E-state index contributed by atoms with van der Waals surface area (Å²) in [5.41, 5.74) is -0.415. The van der Waals surface area contributed by atoms with Crippen LogP contribution in [0.2, 0.25) is 0 Å². The van der Waals surface area contributed by atoms with Gasteiger partial charge in [0.05, 0.1) is 5.56 Å². The number of anilines is 1. The topological polar surface area (TPSA) is 68.0 Å². The van der Waals surface area contributed by atoms with Gasteiger partial charge in [-0.25, -0.2) is 4.39 Å². The summed E-state index contributed by atoms with van der Waals surface area (Å²) < 4.78 is 55.8. The molecule has 0 aliphatic carbocycles. The van der Waals surface area contributed by atoms with Crippen LogP contribution in [0.5, 0.6) is 0 Å². The fourth-order valence-electron chi connectivity index (χ4n) is 1.98. The molecule has 0 aliphatic rings. The Bertz CT molecular complexity index is 904. The molecule has 0 unspecified atom stereocenters. The van der Waals surface area contributed by atoms with Crippen LogP contribution in [0.3, 0.4) is 0 Å². The van der Waals surface area contributed by atoms with Crippen molar-refractivity contribution >= 4 is 11.6 Å². The van der Waals surface area contributed by atoms with Crippen LogP contribution in [-0.4, -0.2) is 16.1 Å². The monoisotopic (exact) mass is 351 g/mol. The average molecular weight is 351 g/mol. The quantitative estimate of drug-likeness (QED) is 0.720. The van der Waals surface area contributed by atoms with Gasteiger partial charge in [-0.05, 0) is 42.5 Å². The first-order valence-electron chi connectivity index (χ1n) is 6.91. The molecule has 0 atom stereocenters. The van der Waals surface area contributed by atoms with E-state index in [0.29, 0.717) is 5.56 Å². The molecule has 1 heterocycles. The minimum atomic E-state index is -4.46. The fraction of sp³-hybridized carbons (Fsp3) is 0.0625. The number of carbonyl (C=O) groups is 1.